The molecule has 0 fully saturated rings. The van der Waals surface area contributed by atoms with Crippen molar-refractivity contribution in [1.82, 2.24) is 0 Å². The van der Waals surface area contributed by atoms with E-state index in [4.69, 9.17) is 28.9 Å². The third kappa shape index (κ3) is 4.15. The van der Waals surface area contributed by atoms with Crippen molar-refractivity contribution in [2.75, 3.05) is 11.1 Å². The fraction of sp³-hybridized carbons (Fsp3) is 0.133. The molecule has 0 saturated carbocycles. The Kier molecular flexibility index (Phi) is 4.88. The van der Waals surface area contributed by atoms with Crippen molar-refractivity contribution in [2.45, 2.75) is 12.8 Å². The zero-order valence-electron chi connectivity index (χ0n) is 10.7. The second-order valence-corrected chi connectivity index (χ2v) is 5.24. The number of anilines is 2. The van der Waals surface area contributed by atoms with Crippen molar-refractivity contribution in [3.05, 3.63) is 58.1 Å². The maximum Gasteiger partial charge on any atom is 0.224 e. The summed E-state index contributed by atoms with van der Waals surface area (Å²) in [6.07, 6.45) is 1.02. The van der Waals surface area contributed by atoms with Crippen molar-refractivity contribution in [2.24, 2.45) is 0 Å². The maximum atomic E-state index is 11.8. The molecule has 0 atom stereocenters. The summed E-state index contributed by atoms with van der Waals surface area (Å²) in [6, 6.07) is 12.5. The van der Waals surface area contributed by atoms with Crippen molar-refractivity contribution < 1.29 is 4.79 Å². The van der Waals surface area contributed by atoms with Crippen molar-refractivity contribution in [3.63, 3.8) is 0 Å². The fourth-order valence-corrected chi connectivity index (χ4v) is 2.10. The van der Waals surface area contributed by atoms with Crippen LogP contribution in [0, 0.1) is 0 Å². The second kappa shape index (κ2) is 6.64. The largest absolute Gasteiger partial charge is 0.399 e. The van der Waals surface area contributed by atoms with Gasteiger partial charge in [0.05, 0.1) is 10.0 Å². The highest BCUT2D eigenvalue weighted by Gasteiger charge is 2.05. The first-order valence-corrected chi connectivity index (χ1v) is 6.89. The van der Waals surface area contributed by atoms with Crippen LogP contribution in [-0.4, -0.2) is 5.91 Å². The van der Waals surface area contributed by atoms with Crippen LogP contribution in [0.2, 0.25) is 10.0 Å². The number of carbonyl (C=O) groups is 1. The SMILES string of the molecule is Nc1cccc(CCC(=O)Nc2ccc(Cl)c(Cl)c2)c1. The van der Waals surface area contributed by atoms with Gasteiger partial charge in [0.15, 0.2) is 0 Å². The minimum absolute atomic E-state index is 0.0780. The zero-order chi connectivity index (χ0) is 14.5. The van der Waals surface area contributed by atoms with Crippen molar-refractivity contribution in [1.29, 1.82) is 0 Å². The Bertz CT molecular complexity index is 629. The summed E-state index contributed by atoms with van der Waals surface area (Å²) >= 11 is 11.7. The number of hydrogen-bond donors (Lipinski definition) is 2. The molecule has 0 heterocycles. The van der Waals surface area contributed by atoms with Crippen molar-refractivity contribution in [3.8, 4) is 0 Å². The molecule has 0 aliphatic carbocycles. The molecule has 2 aromatic rings. The van der Waals surface area contributed by atoms with E-state index in [-0.39, 0.29) is 5.91 Å². The summed E-state index contributed by atoms with van der Waals surface area (Å²) in [4.78, 5) is 11.8. The number of nitrogens with two attached hydrogens (primary N) is 1. The third-order valence-electron chi connectivity index (χ3n) is 2.80. The molecule has 3 N–H and O–H groups in total. The normalized spacial score (nSPS) is 10.3. The van der Waals surface area contributed by atoms with E-state index in [0.29, 0.717) is 34.3 Å². The molecule has 3 nitrogen and oxygen atoms in total. The quantitative estimate of drug-likeness (QED) is 0.834. The molecule has 5 heteroatoms. The van der Waals surface area contributed by atoms with Crippen LogP contribution in [0.5, 0.6) is 0 Å². The van der Waals surface area contributed by atoms with Gasteiger partial charge in [-0.2, -0.15) is 0 Å². The Morgan fingerprint density at radius 2 is 1.90 bits per heavy atom. The number of nitrogen functional groups attached to an aromatic ring is 1. The molecule has 2 aromatic carbocycles. The molecule has 2 rings (SSSR count). The monoisotopic (exact) mass is 308 g/mol. The van der Waals surface area contributed by atoms with Crippen LogP contribution < -0.4 is 11.1 Å². The first-order valence-electron chi connectivity index (χ1n) is 6.14. The number of nitrogens with one attached hydrogen (secondary N) is 1. The summed E-state index contributed by atoms with van der Waals surface area (Å²) in [5.41, 5.74) is 8.07. The van der Waals surface area contributed by atoms with E-state index in [0.717, 1.165) is 5.56 Å². The standard InChI is InChI=1S/C15H14Cl2N2O/c16-13-6-5-12(9-14(13)17)19-15(20)7-4-10-2-1-3-11(18)8-10/h1-3,5-6,8-9H,4,7,18H2,(H,19,20). The van der Waals surface area contributed by atoms with Crippen LogP contribution in [0.3, 0.4) is 0 Å². The number of rotatable bonds is 4. The summed E-state index contributed by atoms with van der Waals surface area (Å²) in [5.74, 6) is -0.0780. The third-order valence-corrected chi connectivity index (χ3v) is 3.53. The van der Waals surface area contributed by atoms with E-state index in [1.165, 1.54) is 0 Å². The summed E-state index contributed by atoms with van der Waals surface area (Å²) in [6.45, 7) is 0. The smallest absolute Gasteiger partial charge is 0.224 e. The molecule has 104 valence electrons. The number of benzene rings is 2. The van der Waals surface area contributed by atoms with E-state index in [1.54, 1.807) is 18.2 Å². The van der Waals surface area contributed by atoms with E-state index in [1.807, 2.05) is 24.3 Å². The van der Waals surface area contributed by atoms with Gasteiger partial charge in [0.1, 0.15) is 0 Å². The van der Waals surface area contributed by atoms with Gasteiger partial charge >= 0.3 is 0 Å². The average Bonchev–Trinajstić information content (AvgIpc) is 2.41. The molecule has 1 amide bonds. The topological polar surface area (TPSA) is 55.1 Å². The molecule has 20 heavy (non-hydrogen) atoms. The highest BCUT2D eigenvalue weighted by molar-refractivity contribution is 6.42. The first kappa shape index (κ1) is 14.7. The summed E-state index contributed by atoms with van der Waals surface area (Å²) in [5, 5.41) is 3.66. The Morgan fingerprint density at radius 3 is 2.60 bits per heavy atom. The molecule has 0 aliphatic heterocycles. The summed E-state index contributed by atoms with van der Waals surface area (Å²) < 4.78 is 0. The molecule has 0 radical (unpaired) electrons. The molecular weight excluding hydrogens is 295 g/mol. The molecule has 0 aromatic heterocycles. The minimum atomic E-state index is -0.0780. The highest BCUT2D eigenvalue weighted by Crippen LogP contribution is 2.25. The predicted octanol–water partition coefficient (Wildman–Crippen LogP) is 4.15. The van der Waals surface area contributed by atoms with Gasteiger partial charge in [0, 0.05) is 17.8 Å². The lowest BCUT2D eigenvalue weighted by molar-refractivity contribution is -0.116. The van der Waals surface area contributed by atoms with Gasteiger partial charge in [-0.15, -0.1) is 0 Å². The Labute approximate surface area is 127 Å². The van der Waals surface area contributed by atoms with E-state index >= 15 is 0 Å². The lowest BCUT2D eigenvalue weighted by Gasteiger charge is -2.07. The molecule has 0 saturated heterocycles. The highest BCUT2D eigenvalue weighted by atomic mass is 35.5. The second-order valence-electron chi connectivity index (χ2n) is 4.42. The lowest BCUT2D eigenvalue weighted by Crippen LogP contribution is -2.12. The molecule has 0 spiro atoms. The molecular formula is C15H14Cl2N2O. The van der Waals surface area contributed by atoms with Gasteiger partial charge < -0.3 is 11.1 Å². The van der Waals surface area contributed by atoms with Crippen LogP contribution in [0.25, 0.3) is 0 Å². The van der Waals surface area contributed by atoms with E-state index in [2.05, 4.69) is 5.32 Å². The summed E-state index contributed by atoms with van der Waals surface area (Å²) in [7, 11) is 0. The number of amides is 1. The van der Waals surface area contributed by atoms with E-state index in [9.17, 15) is 4.79 Å². The Hall–Kier alpha value is -1.71. The van der Waals surface area contributed by atoms with Gasteiger partial charge in [0.2, 0.25) is 5.91 Å². The van der Waals surface area contributed by atoms with Gasteiger partial charge in [-0.3, -0.25) is 4.79 Å². The Morgan fingerprint density at radius 1 is 1.10 bits per heavy atom. The van der Waals surface area contributed by atoms with Gasteiger partial charge in [-0.25, -0.2) is 0 Å². The zero-order valence-corrected chi connectivity index (χ0v) is 12.2. The van der Waals surface area contributed by atoms with Crippen LogP contribution in [0.4, 0.5) is 11.4 Å². The minimum Gasteiger partial charge on any atom is -0.399 e. The van der Waals surface area contributed by atoms with Gasteiger partial charge in [-0.05, 0) is 42.3 Å². The Balaban J connectivity index is 1.91. The van der Waals surface area contributed by atoms with Gasteiger partial charge in [-0.1, -0.05) is 35.3 Å². The number of aryl methyl sites for hydroxylation is 1. The molecule has 0 unspecified atom stereocenters. The van der Waals surface area contributed by atoms with Crippen LogP contribution in [0.15, 0.2) is 42.5 Å². The number of carbonyl (C=O) groups excluding carboxylic acids is 1. The number of halogens is 2. The fourth-order valence-electron chi connectivity index (χ4n) is 1.80. The maximum absolute atomic E-state index is 11.8. The first-order chi connectivity index (χ1) is 9.54. The number of hydrogen-bond acceptors (Lipinski definition) is 2. The van der Waals surface area contributed by atoms with E-state index < -0.39 is 0 Å². The average molecular weight is 309 g/mol. The lowest BCUT2D eigenvalue weighted by atomic mass is 10.1. The van der Waals surface area contributed by atoms with Gasteiger partial charge in [0.25, 0.3) is 0 Å². The van der Waals surface area contributed by atoms with Crippen molar-refractivity contribution >= 4 is 40.5 Å². The van der Waals surface area contributed by atoms with Crippen LogP contribution in [0.1, 0.15) is 12.0 Å². The van der Waals surface area contributed by atoms with Crippen LogP contribution >= 0.6 is 23.2 Å². The predicted molar refractivity (Wildman–Crippen MR) is 84.3 cm³/mol. The molecule has 0 aliphatic rings. The molecule has 0 bridgehead atoms. The van der Waals surface area contributed by atoms with Crippen LogP contribution in [-0.2, 0) is 11.2 Å².